The fourth-order valence-electron chi connectivity index (χ4n) is 2.20. The minimum absolute atomic E-state index is 0.210. The summed E-state index contributed by atoms with van der Waals surface area (Å²) in [5.41, 5.74) is 3.11. The lowest BCUT2D eigenvalue weighted by molar-refractivity contribution is 0.181. The quantitative estimate of drug-likeness (QED) is 0.775. The van der Waals surface area contributed by atoms with E-state index >= 15 is 0 Å². The van der Waals surface area contributed by atoms with Gasteiger partial charge in [0, 0.05) is 25.2 Å². The van der Waals surface area contributed by atoms with E-state index in [1.165, 1.54) is 5.56 Å². The van der Waals surface area contributed by atoms with Crippen LogP contribution in [0.5, 0.6) is 0 Å². The van der Waals surface area contributed by atoms with Crippen LogP contribution in [0.3, 0.4) is 0 Å². The van der Waals surface area contributed by atoms with Gasteiger partial charge in [-0.05, 0) is 44.9 Å². The van der Waals surface area contributed by atoms with E-state index in [2.05, 4.69) is 21.5 Å². The van der Waals surface area contributed by atoms with E-state index in [4.69, 9.17) is 0 Å². The molecule has 2 heterocycles. The van der Waals surface area contributed by atoms with E-state index < -0.39 is 0 Å². The van der Waals surface area contributed by atoms with Gasteiger partial charge in [-0.25, -0.2) is 4.98 Å². The topological polar surface area (TPSA) is 63.0 Å². The van der Waals surface area contributed by atoms with Crippen LogP contribution < -0.4 is 5.32 Å². The van der Waals surface area contributed by atoms with Crippen molar-refractivity contribution >= 4 is 11.0 Å². The number of rotatable bonds is 6. The van der Waals surface area contributed by atoms with Crippen molar-refractivity contribution in [3.05, 3.63) is 23.5 Å². The predicted molar refractivity (Wildman–Crippen MR) is 75.9 cm³/mol. The van der Waals surface area contributed by atoms with Crippen molar-refractivity contribution in [3.63, 3.8) is 0 Å². The van der Waals surface area contributed by atoms with Crippen LogP contribution in [0.2, 0.25) is 0 Å². The van der Waals surface area contributed by atoms with Crippen LogP contribution in [0.1, 0.15) is 31.0 Å². The highest BCUT2D eigenvalue weighted by Gasteiger charge is 2.06. The zero-order valence-corrected chi connectivity index (χ0v) is 11.8. The van der Waals surface area contributed by atoms with Gasteiger partial charge in [0.1, 0.15) is 0 Å². The highest BCUT2D eigenvalue weighted by Crippen LogP contribution is 2.16. The molecule has 0 aromatic carbocycles. The van der Waals surface area contributed by atoms with Gasteiger partial charge in [-0.2, -0.15) is 5.10 Å². The molecule has 0 amide bonds. The molecule has 0 fully saturated rings. The summed E-state index contributed by atoms with van der Waals surface area (Å²) in [7, 11) is 1.91. The number of aryl methyl sites for hydroxylation is 2. The minimum atomic E-state index is -0.210. The molecule has 0 spiro atoms. The number of nitrogens with one attached hydrogen (secondary N) is 1. The molecule has 1 atom stereocenters. The Balaban J connectivity index is 1.92. The van der Waals surface area contributed by atoms with Gasteiger partial charge in [0.05, 0.1) is 11.8 Å². The number of nitrogens with zero attached hydrogens (tertiary/aromatic N) is 3. The van der Waals surface area contributed by atoms with Crippen LogP contribution in [0.15, 0.2) is 12.3 Å². The number of pyridine rings is 1. The summed E-state index contributed by atoms with van der Waals surface area (Å²) >= 11 is 0. The van der Waals surface area contributed by atoms with Gasteiger partial charge in [-0.15, -0.1) is 0 Å². The lowest BCUT2D eigenvalue weighted by Crippen LogP contribution is -2.16. The second-order valence-electron chi connectivity index (χ2n) is 5.09. The van der Waals surface area contributed by atoms with Gasteiger partial charge in [-0.3, -0.25) is 4.68 Å². The van der Waals surface area contributed by atoms with Crippen molar-refractivity contribution in [1.29, 1.82) is 0 Å². The third-order valence-corrected chi connectivity index (χ3v) is 3.22. The van der Waals surface area contributed by atoms with E-state index in [-0.39, 0.29) is 6.10 Å². The summed E-state index contributed by atoms with van der Waals surface area (Å²) in [5, 5.41) is 18.0. The van der Waals surface area contributed by atoms with Gasteiger partial charge in [0.15, 0.2) is 5.65 Å². The van der Waals surface area contributed by atoms with Gasteiger partial charge in [0.25, 0.3) is 0 Å². The summed E-state index contributed by atoms with van der Waals surface area (Å²) in [4.78, 5) is 4.45. The molecule has 5 heteroatoms. The largest absolute Gasteiger partial charge is 0.393 e. The fourth-order valence-corrected chi connectivity index (χ4v) is 2.20. The average molecular weight is 262 g/mol. The van der Waals surface area contributed by atoms with Crippen LogP contribution in [0, 0.1) is 6.92 Å². The zero-order valence-electron chi connectivity index (χ0n) is 11.8. The molecule has 1 unspecified atom stereocenters. The van der Waals surface area contributed by atoms with Crippen LogP contribution in [-0.2, 0) is 13.6 Å². The summed E-state index contributed by atoms with van der Waals surface area (Å²) in [6, 6.07) is 2.15. The summed E-state index contributed by atoms with van der Waals surface area (Å²) in [5.74, 6) is 0. The molecule has 0 aliphatic carbocycles. The molecule has 0 aliphatic rings. The third-order valence-electron chi connectivity index (χ3n) is 3.22. The van der Waals surface area contributed by atoms with Gasteiger partial charge < -0.3 is 10.4 Å². The smallest absolute Gasteiger partial charge is 0.157 e. The first kappa shape index (κ1) is 14.0. The molecule has 2 aromatic rings. The standard InChI is InChI=1S/C14H22N4O/c1-10(19)5-4-6-15-8-12-7-13-11(2)17-18(3)14(13)16-9-12/h7,9-10,15,19H,4-6,8H2,1-3H3. The molecule has 2 N–H and O–H groups in total. The number of aliphatic hydroxyl groups is 1. The van der Waals surface area contributed by atoms with Crippen molar-refractivity contribution in [2.45, 2.75) is 39.3 Å². The highest BCUT2D eigenvalue weighted by molar-refractivity contribution is 5.78. The molecular weight excluding hydrogens is 240 g/mol. The van der Waals surface area contributed by atoms with Crippen LogP contribution in [-0.4, -0.2) is 32.5 Å². The lowest BCUT2D eigenvalue weighted by Gasteiger charge is -2.06. The Kier molecular flexibility index (Phi) is 4.50. The molecule has 0 bridgehead atoms. The number of hydrogen-bond donors (Lipinski definition) is 2. The van der Waals surface area contributed by atoms with Gasteiger partial charge in [-0.1, -0.05) is 0 Å². The maximum atomic E-state index is 9.17. The summed E-state index contributed by atoms with van der Waals surface area (Å²) in [6.07, 6.45) is 3.51. The predicted octanol–water partition coefficient (Wildman–Crippen LogP) is 1.53. The van der Waals surface area contributed by atoms with Gasteiger partial charge in [0.2, 0.25) is 0 Å². The van der Waals surface area contributed by atoms with Crippen LogP contribution in [0.25, 0.3) is 11.0 Å². The molecule has 2 rings (SSSR count). The van der Waals surface area contributed by atoms with Crippen LogP contribution >= 0.6 is 0 Å². The first-order chi connectivity index (χ1) is 9.08. The molecular formula is C14H22N4O. The SMILES string of the molecule is Cc1nn(C)c2ncc(CNCCCC(C)O)cc12. The number of fused-ring (bicyclic) bond motifs is 1. The Morgan fingerprint density at radius 1 is 1.47 bits per heavy atom. The maximum Gasteiger partial charge on any atom is 0.157 e. The van der Waals surface area contributed by atoms with Gasteiger partial charge >= 0.3 is 0 Å². The molecule has 0 saturated carbocycles. The third kappa shape index (κ3) is 3.52. The number of aliphatic hydroxyl groups excluding tert-OH is 1. The highest BCUT2D eigenvalue weighted by atomic mass is 16.3. The normalized spacial score (nSPS) is 13.1. The van der Waals surface area contributed by atoms with E-state index in [1.807, 2.05) is 31.8 Å². The average Bonchev–Trinajstić information content (AvgIpc) is 2.64. The van der Waals surface area contributed by atoms with E-state index in [1.54, 1.807) is 0 Å². The molecule has 19 heavy (non-hydrogen) atoms. The van der Waals surface area contributed by atoms with E-state index in [9.17, 15) is 5.11 Å². The first-order valence-corrected chi connectivity index (χ1v) is 6.75. The van der Waals surface area contributed by atoms with Crippen molar-refractivity contribution in [1.82, 2.24) is 20.1 Å². The summed E-state index contributed by atoms with van der Waals surface area (Å²) < 4.78 is 1.81. The Bertz CT molecular complexity index is 548. The summed E-state index contributed by atoms with van der Waals surface area (Å²) in [6.45, 7) is 5.54. The lowest BCUT2D eigenvalue weighted by atomic mass is 10.2. The van der Waals surface area contributed by atoms with Crippen molar-refractivity contribution in [2.24, 2.45) is 7.05 Å². The Hall–Kier alpha value is -1.46. The molecule has 0 saturated heterocycles. The molecule has 0 radical (unpaired) electrons. The Morgan fingerprint density at radius 3 is 3.00 bits per heavy atom. The van der Waals surface area contributed by atoms with E-state index in [0.29, 0.717) is 0 Å². The second kappa shape index (κ2) is 6.12. The zero-order chi connectivity index (χ0) is 13.8. The second-order valence-corrected chi connectivity index (χ2v) is 5.09. The molecule has 104 valence electrons. The first-order valence-electron chi connectivity index (χ1n) is 6.75. The van der Waals surface area contributed by atoms with Crippen molar-refractivity contribution in [3.8, 4) is 0 Å². The number of hydrogen-bond acceptors (Lipinski definition) is 4. The monoisotopic (exact) mass is 262 g/mol. The Labute approximate surface area is 113 Å². The van der Waals surface area contributed by atoms with E-state index in [0.717, 1.165) is 42.7 Å². The molecule has 5 nitrogen and oxygen atoms in total. The Morgan fingerprint density at radius 2 is 2.26 bits per heavy atom. The van der Waals surface area contributed by atoms with Crippen LogP contribution in [0.4, 0.5) is 0 Å². The van der Waals surface area contributed by atoms with Crippen molar-refractivity contribution < 1.29 is 5.11 Å². The van der Waals surface area contributed by atoms with Crippen molar-refractivity contribution in [2.75, 3.05) is 6.54 Å². The molecule has 2 aromatic heterocycles. The maximum absolute atomic E-state index is 9.17. The number of aromatic nitrogens is 3. The minimum Gasteiger partial charge on any atom is -0.393 e. The fraction of sp³-hybridized carbons (Fsp3) is 0.571. The molecule has 0 aliphatic heterocycles.